The number of ether oxygens (including phenoxy) is 1. The molecule has 3 nitrogen and oxygen atoms in total. The van der Waals surface area contributed by atoms with Crippen LogP contribution in [0, 0.1) is 6.92 Å². The fourth-order valence-electron chi connectivity index (χ4n) is 1.52. The Labute approximate surface area is 111 Å². The van der Waals surface area contributed by atoms with E-state index in [2.05, 4.69) is 5.32 Å². The van der Waals surface area contributed by atoms with Gasteiger partial charge in [-0.25, -0.2) is 0 Å². The van der Waals surface area contributed by atoms with Crippen molar-refractivity contribution in [1.29, 1.82) is 0 Å². The highest BCUT2D eigenvalue weighted by Crippen LogP contribution is 2.31. The molecule has 4 heteroatoms. The van der Waals surface area contributed by atoms with E-state index in [1.807, 2.05) is 31.2 Å². The summed E-state index contributed by atoms with van der Waals surface area (Å²) in [4.78, 5) is 0. The summed E-state index contributed by atoms with van der Waals surface area (Å²) < 4.78 is 5.68. The summed E-state index contributed by atoms with van der Waals surface area (Å²) in [6.45, 7) is 1.89. The molecule has 0 aliphatic carbocycles. The summed E-state index contributed by atoms with van der Waals surface area (Å²) in [6, 6.07) is 13.0. The third-order valence-corrected chi connectivity index (χ3v) is 2.76. The van der Waals surface area contributed by atoms with Gasteiger partial charge in [-0.2, -0.15) is 0 Å². The highest BCUT2D eigenvalue weighted by Gasteiger charge is 2.04. The molecule has 2 aromatic carbocycles. The van der Waals surface area contributed by atoms with Crippen LogP contribution < -0.4 is 10.1 Å². The molecule has 2 rings (SSSR count). The summed E-state index contributed by atoms with van der Waals surface area (Å²) >= 11 is 6.10. The second-order valence-corrected chi connectivity index (χ2v) is 4.30. The minimum atomic E-state index is -0.130. The topological polar surface area (TPSA) is 41.5 Å². The molecule has 0 aliphatic rings. The van der Waals surface area contributed by atoms with Crippen molar-refractivity contribution in [2.24, 2.45) is 0 Å². The van der Waals surface area contributed by atoms with Gasteiger partial charge in [-0.1, -0.05) is 29.3 Å². The van der Waals surface area contributed by atoms with Crippen LogP contribution in [0.25, 0.3) is 0 Å². The largest absolute Gasteiger partial charge is 0.456 e. The van der Waals surface area contributed by atoms with Crippen LogP contribution in [-0.2, 0) is 0 Å². The smallest absolute Gasteiger partial charge is 0.146 e. The van der Waals surface area contributed by atoms with E-state index in [1.54, 1.807) is 18.2 Å². The van der Waals surface area contributed by atoms with E-state index >= 15 is 0 Å². The van der Waals surface area contributed by atoms with E-state index in [0.717, 1.165) is 11.4 Å². The molecule has 0 aliphatic heterocycles. The Bertz CT molecular complexity index is 526. The molecule has 0 saturated heterocycles. The molecule has 0 unspecified atom stereocenters. The quantitative estimate of drug-likeness (QED) is 0.825. The number of nitrogens with one attached hydrogen (secondary N) is 1. The minimum absolute atomic E-state index is 0.130. The molecule has 0 saturated carbocycles. The van der Waals surface area contributed by atoms with Gasteiger partial charge in [0.25, 0.3) is 0 Å². The minimum Gasteiger partial charge on any atom is -0.456 e. The molecule has 2 N–H and O–H groups in total. The zero-order valence-corrected chi connectivity index (χ0v) is 10.7. The van der Waals surface area contributed by atoms with Gasteiger partial charge in [-0.05, 0) is 37.3 Å². The van der Waals surface area contributed by atoms with Gasteiger partial charge >= 0.3 is 0 Å². The van der Waals surface area contributed by atoms with Crippen LogP contribution in [0.3, 0.4) is 0 Å². The van der Waals surface area contributed by atoms with Crippen LogP contribution in [0.1, 0.15) is 5.56 Å². The number of aryl methyl sites for hydroxylation is 1. The first-order chi connectivity index (χ1) is 8.69. The Morgan fingerprint density at radius 1 is 1.17 bits per heavy atom. The third kappa shape index (κ3) is 3.15. The van der Waals surface area contributed by atoms with Crippen LogP contribution in [-0.4, -0.2) is 11.8 Å². The van der Waals surface area contributed by atoms with E-state index in [1.165, 1.54) is 5.56 Å². The lowest BCUT2D eigenvalue weighted by Crippen LogP contribution is -1.99. The Balaban J connectivity index is 2.16. The van der Waals surface area contributed by atoms with Gasteiger partial charge in [0.15, 0.2) is 0 Å². The van der Waals surface area contributed by atoms with Crippen molar-refractivity contribution in [2.45, 2.75) is 6.92 Å². The number of aliphatic hydroxyl groups is 1. The van der Waals surface area contributed by atoms with Gasteiger partial charge in [-0.3, -0.25) is 0 Å². The predicted molar refractivity (Wildman–Crippen MR) is 73.4 cm³/mol. The van der Waals surface area contributed by atoms with E-state index in [4.69, 9.17) is 21.4 Å². The summed E-state index contributed by atoms with van der Waals surface area (Å²) in [7, 11) is 0. The molecule has 0 amide bonds. The molecular formula is C14H14ClNO2. The molecular weight excluding hydrogens is 250 g/mol. The maximum atomic E-state index is 8.76. The van der Waals surface area contributed by atoms with Crippen molar-refractivity contribution in [3.05, 3.63) is 53.1 Å². The summed E-state index contributed by atoms with van der Waals surface area (Å²) in [5, 5.41) is 12.0. The lowest BCUT2D eigenvalue weighted by Gasteiger charge is -2.09. The van der Waals surface area contributed by atoms with Crippen molar-refractivity contribution in [3.63, 3.8) is 0 Å². The molecule has 0 atom stereocenters. The number of hydrogen-bond acceptors (Lipinski definition) is 3. The van der Waals surface area contributed by atoms with Crippen LogP contribution in [0.5, 0.6) is 11.5 Å². The van der Waals surface area contributed by atoms with E-state index < -0.39 is 0 Å². The second kappa shape index (κ2) is 5.76. The molecule has 18 heavy (non-hydrogen) atoms. The van der Waals surface area contributed by atoms with Gasteiger partial charge in [0.1, 0.15) is 18.2 Å². The van der Waals surface area contributed by atoms with Gasteiger partial charge < -0.3 is 15.2 Å². The van der Waals surface area contributed by atoms with Gasteiger partial charge in [0, 0.05) is 5.69 Å². The van der Waals surface area contributed by atoms with E-state index in [0.29, 0.717) is 10.8 Å². The van der Waals surface area contributed by atoms with Crippen molar-refractivity contribution < 1.29 is 9.84 Å². The van der Waals surface area contributed by atoms with Gasteiger partial charge in [0.05, 0.1) is 5.02 Å². The Kier molecular flexibility index (Phi) is 4.07. The summed E-state index contributed by atoms with van der Waals surface area (Å²) in [5.74, 6) is 1.33. The molecule has 0 bridgehead atoms. The van der Waals surface area contributed by atoms with E-state index in [-0.39, 0.29) is 6.73 Å². The predicted octanol–water partition coefficient (Wildman–Crippen LogP) is 3.80. The zero-order valence-electron chi connectivity index (χ0n) is 9.98. The fraction of sp³-hybridized carbons (Fsp3) is 0.143. The van der Waals surface area contributed by atoms with Crippen molar-refractivity contribution in [2.75, 3.05) is 12.0 Å². The summed E-state index contributed by atoms with van der Waals surface area (Å²) in [6.07, 6.45) is 0. The first-order valence-electron chi connectivity index (χ1n) is 5.58. The third-order valence-electron chi connectivity index (χ3n) is 2.46. The van der Waals surface area contributed by atoms with Crippen LogP contribution >= 0.6 is 11.6 Å². The average Bonchev–Trinajstić information content (AvgIpc) is 2.36. The Morgan fingerprint density at radius 3 is 2.50 bits per heavy atom. The van der Waals surface area contributed by atoms with Crippen LogP contribution in [0.4, 0.5) is 5.69 Å². The lowest BCUT2D eigenvalue weighted by atomic mass is 10.2. The Hall–Kier alpha value is -1.71. The highest BCUT2D eigenvalue weighted by atomic mass is 35.5. The number of anilines is 1. The van der Waals surface area contributed by atoms with Gasteiger partial charge in [-0.15, -0.1) is 0 Å². The number of benzene rings is 2. The molecule has 0 spiro atoms. The standard InChI is InChI=1S/C14H14ClNO2/c1-10-2-5-12(6-3-10)18-14-7-4-11(16-9-17)8-13(14)15/h2-8,16-17H,9H2,1H3. The molecule has 94 valence electrons. The number of rotatable bonds is 4. The molecule has 2 aromatic rings. The second-order valence-electron chi connectivity index (χ2n) is 3.90. The SMILES string of the molecule is Cc1ccc(Oc2ccc(NCO)cc2Cl)cc1. The van der Waals surface area contributed by atoms with Crippen LogP contribution in [0.15, 0.2) is 42.5 Å². The molecule has 0 fully saturated rings. The number of aliphatic hydroxyl groups excluding tert-OH is 1. The maximum absolute atomic E-state index is 8.76. The van der Waals surface area contributed by atoms with Crippen LogP contribution in [0.2, 0.25) is 5.02 Å². The van der Waals surface area contributed by atoms with Gasteiger partial charge in [0.2, 0.25) is 0 Å². The molecule has 0 radical (unpaired) electrons. The number of halogens is 1. The van der Waals surface area contributed by atoms with Crippen molar-refractivity contribution >= 4 is 17.3 Å². The first kappa shape index (κ1) is 12.7. The van der Waals surface area contributed by atoms with Crippen molar-refractivity contribution in [1.82, 2.24) is 0 Å². The highest BCUT2D eigenvalue weighted by molar-refractivity contribution is 6.32. The molecule has 0 heterocycles. The normalized spacial score (nSPS) is 10.2. The lowest BCUT2D eigenvalue weighted by molar-refractivity contribution is 0.325. The average molecular weight is 264 g/mol. The monoisotopic (exact) mass is 263 g/mol. The summed E-state index contributed by atoms with van der Waals surface area (Å²) in [5.41, 5.74) is 1.93. The fourth-order valence-corrected chi connectivity index (χ4v) is 1.74. The maximum Gasteiger partial charge on any atom is 0.146 e. The number of hydrogen-bond donors (Lipinski definition) is 2. The van der Waals surface area contributed by atoms with Crippen molar-refractivity contribution in [3.8, 4) is 11.5 Å². The first-order valence-corrected chi connectivity index (χ1v) is 5.95. The Morgan fingerprint density at radius 2 is 1.89 bits per heavy atom. The zero-order chi connectivity index (χ0) is 13.0. The van der Waals surface area contributed by atoms with E-state index in [9.17, 15) is 0 Å². The molecule has 0 aromatic heterocycles.